The summed E-state index contributed by atoms with van der Waals surface area (Å²) in [4.78, 5) is 42.8. The number of hydrogen-bond acceptors (Lipinski definition) is 5. The van der Waals surface area contributed by atoms with Gasteiger partial charge in [-0.3, -0.25) is 14.5 Å². The summed E-state index contributed by atoms with van der Waals surface area (Å²) < 4.78 is 24.9. The van der Waals surface area contributed by atoms with E-state index in [1.807, 2.05) is 25.1 Å². The van der Waals surface area contributed by atoms with Gasteiger partial charge in [-0.2, -0.15) is 0 Å². The smallest absolute Gasteiger partial charge is 0.325 e. The average Bonchev–Trinajstić information content (AvgIpc) is 3.47. The van der Waals surface area contributed by atoms with Crippen molar-refractivity contribution < 1.29 is 28.2 Å². The summed E-state index contributed by atoms with van der Waals surface area (Å²) in [5.41, 5.74) is 0.147. The topological polar surface area (TPSA) is 88.2 Å². The SMILES string of the molecule is CCCC[C@@]1(c2ccc(F)cc2)NC(=O)N(CC(=O)N2CCC[C@@H]2c2ccc3c(c2)OCCO3)C1=O. The van der Waals surface area contributed by atoms with Gasteiger partial charge in [0.2, 0.25) is 5.91 Å². The molecule has 0 saturated carbocycles. The first-order valence-corrected chi connectivity index (χ1v) is 12.5. The molecule has 190 valence electrons. The number of imide groups is 1. The first kappa shape index (κ1) is 24.1. The Labute approximate surface area is 209 Å². The molecule has 0 unspecified atom stereocenters. The van der Waals surface area contributed by atoms with E-state index in [1.54, 1.807) is 4.90 Å². The molecular weight excluding hydrogens is 465 g/mol. The number of ether oxygens (including phenoxy) is 2. The second-order valence-corrected chi connectivity index (χ2v) is 9.49. The Bertz CT molecular complexity index is 1170. The maximum absolute atomic E-state index is 13.6. The van der Waals surface area contributed by atoms with E-state index in [0.717, 1.165) is 29.7 Å². The molecule has 5 rings (SSSR count). The van der Waals surface area contributed by atoms with Crippen molar-refractivity contribution in [1.82, 2.24) is 15.1 Å². The molecule has 2 aromatic rings. The van der Waals surface area contributed by atoms with Crippen molar-refractivity contribution in [3.63, 3.8) is 0 Å². The minimum absolute atomic E-state index is 0.170. The maximum atomic E-state index is 13.6. The first-order chi connectivity index (χ1) is 17.4. The van der Waals surface area contributed by atoms with E-state index in [9.17, 15) is 18.8 Å². The van der Waals surface area contributed by atoms with Gasteiger partial charge in [-0.15, -0.1) is 0 Å². The molecule has 3 heterocycles. The normalized spacial score (nSPS) is 23.2. The van der Waals surface area contributed by atoms with E-state index in [4.69, 9.17) is 9.47 Å². The van der Waals surface area contributed by atoms with Crippen molar-refractivity contribution >= 4 is 17.8 Å². The number of urea groups is 1. The standard InChI is InChI=1S/C27H30FN3O5/c1-2-3-12-27(19-7-9-20(28)10-8-19)25(33)31(26(34)29-27)17-24(32)30-13-4-5-21(30)18-6-11-22-23(16-18)36-15-14-35-22/h6-11,16,21H,2-5,12-15,17H2,1H3,(H,29,34)/t21-,27+/m1/s1. The highest BCUT2D eigenvalue weighted by atomic mass is 19.1. The molecule has 0 spiro atoms. The molecule has 8 nitrogen and oxygen atoms in total. The molecule has 36 heavy (non-hydrogen) atoms. The molecule has 2 aromatic carbocycles. The fraction of sp³-hybridized carbons (Fsp3) is 0.444. The second kappa shape index (κ2) is 9.79. The Morgan fingerprint density at radius 2 is 1.86 bits per heavy atom. The average molecular weight is 496 g/mol. The Hall–Kier alpha value is -3.62. The van der Waals surface area contributed by atoms with E-state index >= 15 is 0 Å². The predicted octanol–water partition coefficient (Wildman–Crippen LogP) is 3.90. The molecule has 3 aliphatic rings. The van der Waals surface area contributed by atoms with Gasteiger partial charge in [-0.1, -0.05) is 38.0 Å². The number of nitrogens with zero attached hydrogens (tertiary/aromatic N) is 2. The molecule has 0 bridgehead atoms. The first-order valence-electron chi connectivity index (χ1n) is 12.5. The van der Waals surface area contributed by atoms with Gasteiger partial charge < -0.3 is 19.7 Å². The third-order valence-electron chi connectivity index (χ3n) is 7.24. The Morgan fingerprint density at radius 3 is 2.61 bits per heavy atom. The number of benzene rings is 2. The van der Waals surface area contributed by atoms with Crippen LogP contribution in [0.3, 0.4) is 0 Å². The summed E-state index contributed by atoms with van der Waals surface area (Å²) in [6, 6.07) is 10.5. The van der Waals surface area contributed by atoms with Crippen LogP contribution < -0.4 is 14.8 Å². The van der Waals surface area contributed by atoms with E-state index in [-0.39, 0.29) is 18.5 Å². The van der Waals surface area contributed by atoms with Crippen LogP contribution in [0.4, 0.5) is 9.18 Å². The van der Waals surface area contributed by atoms with Crippen molar-refractivity contribution in [3.05, 3.63) is 59.4 Å². The summed E-state index contributed by atoms with van der Waals surface area (Å²) in [5, 5.41) is 2.82. The summed E-state index contributed by atoms with van der Waals surface area (Å²) in [7, 11) is 0. The van der Waals surface area contributed by atoms with Crippen LogP contribution in [0, 0.1) is 5.82 Å². The van der Waals surface area contributed by atoms with Crippen LogP contribution in [0.25, 0.3) is 0 Å². The molecular formula is C27H30FN3O5. The number of fused-ring (bicyclic) bond motifs is 1. The van der Waals surface area contributed by atoms with Crippen LogP contribution in [0.5, 0.6) is 11.5 Å². The molecule has 1 N–H and O–H groups in total. The fourth-order valence-corrected chi connectivity index (χ4v) is 5.36. The molecule has 2 atom stereocenters. The Morgan fingerprint density at radius 1 is 1.11 bits per heavy atom. The highest BCUT2D eigenvalue weighted by Gasteiger charge is 2.52. The number of hydrogen-bond donors (Lipinski definition) is 1. The zero-order valence-corrected chi connectivity index (χ0v) is 20.3. The fourth-order valence-electron chi connectivity index (χ4n) is 5.36. The van der Waals surface area contributed by atoms with Gasteiger partial charge in [0.05, 0.1) is 6.04 Å². The van der Waals surface area contributed by atoms with Gasteiger partial charge in [0, 0.05) is 6.54 Å². The second-order valence-electron chi connectivity index (χ2n) is 9.49. The summed E-state index contributed by atoms with van der Waals surface area (Å²) in [6.45, 7) is 3.17. The number of rotatable bonds is 7. The minimum atomic E-state index is -1.30. The van der Waals surface area contributed by atoms with Crippen LogP contribution in [-0.2, 0) is 15.1 Å². The Balaban J connectivity index is 1.36. The lowest BCUT2D eigenvalue weighted by atomic mass is 9.85. The lowest BCUT2D eigenvalue weighted by Crippen LogP contribution is -2.45. The van der Waals surface area contributed by atoms with Crippen LogP contribution in [0.2, 0.25) is 0 Å². The van der Waals surface area contributed by atoms with Crippen LogP contribution in [0.15, 0.2) is 42.5 Å². The molecule has 4 amide bonds. The molecule has 0 radical (unpaired) electrons. The molecule has 9 heteroatoms. The van der Waals surface area contributed by atoms with Crippen LogP contribution in [-0.4, -0.2) is 53.9 Å². The highest BCUT2D eigenvalue weighted by molar-refractivity contribution is 6.09. The number of nitrogens with one attached hydrogen (secondary N) is 1. The van der Waals surface area contributed by atoms with Gasteiger partial charge in [0.25, 0.3) is 5.91 Å². The lowest BCUT2D eigenvalue weighted by molar-refractivity contribution is -0.139. The molecule has 0 aliphatic carbocycles. The largest absolute Gasteiger partial charge is 0.486 e. The third kappa shape index (κ3) is 4.27. The minimum Gasteiger partial charge on any atom is -0.486 e. The summed E-state index contributed by atoms with van der Waals surface area (Å²) >= 11 is 0. The van der Waals surface area contributed by atoms with E-state index in [1.165, 1.54) is 24.3 Å². The van der Waals surface area contributed by atoms with E-state index in [2.05, 4.69) is 5.32 Å². The van der Waals surface area contributed by atoms with Gasteiger partial charge in [-0.25, -0.2) is 9.18 Å². The lowest BCUT2D eigenvalue weighted by Gasteiger charge is -2.29. The number of amides is 4. The van der Waals surface area contributed by atoms with Gasteiger partial charge in [0.15, 0.2) is 11.5 Å². The van der Waals surface area contributed by atoms with E-state index in [0.29, 0.717) is 49.7 Å². The van der Waals surface area contributed by atoms with Crippen molar-refractivity contribution in [2.24, 2.45) is 0 Å². The highest BCUT2D eigenvalue weighted by Crippen LogP contribution is 2.39. The van der Waals surface area contributed by atoms with Gasteiger partial charge in [-0.05, 0) is 54.7 Å². The summed E-state index contributed by atoms with van der Waals surface area (Å²) in [6.07, 6.45) is 3.47. The zero-order chi connectivity index (χ0) is 25.3. The predicted molar refractivity (Wildman–Crippen MR) is 129 cm³/mol. The number of carbonyl (C=O) groups is 3. The summed E-state index contributed by atoms with van der Waals surface area (Å²) in [5.74, 6) is 0.154. The third-order valence-corrected chi connectivity index (χ3v) is 7.24. The Kier molecular flexibility index (Phi) is 6.55. The molecule has 0 aromatic heterocycles. The van der Waals surface area contributed by atoms with Crippen molar-refractivity contribution in [3.8, 4) is 11.5 Å². The van der Waals surface area contributed by atoms with Crippen molar-refractivity contribution in [2.45, 2.75) is 50.6 Å². The number of likely N-dealkylation sites (tertiary alicyclic amines) is 1. The van der Waals surface area contributed by atoms with Gasteiger partial charge in [0.1, 0.15) is 31.1 Å². The molecule has 2 saturated heterocycles. The molecule has 3 aliphatic heterocycles. The van der Waals surface area contributed by atoms with Crippen LogP contribution >= 0.6 is 0 Å². The maximum Gasteiger partial charge on any atom is 0.325 e. The van der Waals surface area contributed by atoms with E-state index < -0.39 is 23.3 Å². The van der Waals surface area contributed by atoms with Crippen molar-refractivity contribution in [2.75, 3.05) is 26.3 Å². The number of halogens is 1. The van der Waals surface area contributed by atoms with Gasteiger partial charge >= 0.3 is 6.03 Å². The quantitative estimate of drug-likeness (QED) is 0.589. The molecule has 2 fully saturated rings. The number of unbranched alkanes of at least 4 members (excludes halogenated alkanes) is 1. The zero-order valence-electron chi connectivity index (χ0n) is 20.3. The number of carbonyl (C=O) groups excluding carboxylic acids is 3. The van der Waals surface area contributed by atoms with Crippen molar-refractivity contribution in [1.29, 1.82) is 0 Å². The monoisotopic (exact) mass is 495 g/mol. The van der Waals surface area contributed by atoms with Crippen LogP contribution in [0.1, 0.15) is 56.2 Å².